The van der Waals surface area contributed by atoms with E-state index in [0.717, 1.165) is 29.5 Å². The third-order valence-corrected chi connectivity index (χ3v) is 9.95. The van der Waals surface area contributed by atoms with Crippen molar-refractivity contribution in [2.24, 2.45) is 0 Å². The van der Waals surface area contributed by atoms with Gasteiger partial charge < -0.3 is 44.8 Å². The molecule has 2 amide bonds. The highest BCUT2D eigenvalue weighted by atomic mass is 16.6. The van der Waals surface area contributed by atoms with Gasteiger partial charge in [0.05, 0.1) is 56.1 Å². The van der Waals surface area contributed by atoms with Crippen LogP contribution in [0.2, 0.25) is 1.41 Å². The quantitative estimate of drug-likeness (QED) is 0.0264. The molecule has 1 saturated heterocycles. The number of hydroxylamine groups is 1. The number of aryl methyl sites for hydroxylation is 2. The highest BCUT2D eigenvalue weighted by Gasteiger charge is 2.39. The molecule has 2 aliphatic rings. The summed E-state index contributed by atoms with van der Waals surface area (Å²) >= 11 is 0. The lowest BCUT2D eigenvalue weighted by molar-refractivity contribution is -0.911. The first-order valence-electron chi connectivity index (χ1n) is 20.9. The van der Waals surface area contributed by atoms with Crippen LogP contribution in [0.4, 0.5) is 5.82 Å². The molecule has 3 unspecified atom stereocenters. The average Bonchev–Trinajstić information content (AvgIpc) is 3.55. The Bertz CT molecular complexity index is 1950. The summed E-state index contributed by atoms with van der Waals surface area (Å²) in [4.78, 5) is 54.7. The Morgan fingerprint density at radius 1 is 0.915 bits per heavy atom. The van der Waals surface area contributed by atoms with Crippen LogP contribution in [0.3, 0.4) is 0 Å². The van der Waals surface area contributed by atoms with E-state index in [4.69, 9.17) is 25.1 Å². The number of fused-ring (bicyclic) bond motifs is 5. The van der Waals surface area contributed by atoms with E-state index in [2.05, 4.69) is 49.3 Å². The summed E-state index contributed by atoms with van der Waals surface area (Å²) in [6.45, 7) is 10.5. The minimum atomic E-state index is -0.884. The third kappa shape index (κ3) is 13.9. The van der Waals surface area contributed by atoms with Crippen LogP contribution >= 0.6 is 0 Å². The number of carbonyl (C=O) groups is 3. The molecular weight excluding hydrogens is 764 g/mol. The van der Waals surface area contributed by atoms with E-state index in [9.17, 15) is 24.4 Å². The Morgan fingerprint density at radius 3 is 2.32 bits per heavy atom. The van der Waals surface area contributed by atoms with Gasteiger partial charge in [-0.15, -0.1) is 9.13 Å². The van der Waals surface area contributed by atoms with Crippen LogP contribution in [0.15, 0.2) is 47.9 Å². The molecule has 3 aromatic rings. The van der Waals surface area contributed by atoms with Crippen LogP contribution in [-0.2, 0) is 39.9 Å². The molecular formula is C41H60N8O10+2. The van der Waals surface area contributed by atoms with Gasteiger partial charge in [-0.1, -0.05) is 13.3 Å². The Labute approximate surface area is 346 Å². The maximum absolute atomic E-state index is 13.0. The fraction of sp³-hybridized carbons (Fsp3) is 0.585. The maximum atomic E-state index is 13.0. The van der Waals surface area contributed by atoms with E-state index in [0.29, 0.717) is 95.7 Å². The monoisotopic (exact) mass is 825 g/mol. The van der Waals surface area contributed by atoms with Crippen molar-refractivity contribution in [2.45, 2.75) is 90.8 Å². The largest absolute Gasteiger partial charge is 0.459 e. The van der Waals surface area contributed by atoms with Gasteiger partial charge in [-0.2, -0.15) is 4.98 Å². The van der Waals surface area contributed by atoms with E-state index < -0.39 is 30.1 Å². The summed E-state index contributed by atoms with van der Waals surface area (Å²) < 4.78 is 41.3. The third-order valence-electron chi connectivity index (χ3n) is 9.95. The first-order chi connectivity index (χ1) is 29.0. The number of unbranched alkanes of at least 4 members (excludes halogenated alkanes) is 1. The lowest BCUT2D eigenvalue weighted by Crippen LogP contribution is -2.50. The topological polar surface area (TPSA) is 208 Å². The molecule has 1 fully saturated rings. The first kappa shape index (κ1) is 43.7. The Kier molecular flexibility index (Phi) is 17.5. The van der Waals surface area contributed by atoms with Crippen LogP contribution < -0.4 is 36.2 Å². The van der Waals surface area contributed by atoms with E-state index in [-0.39, 0.29) is 43.1 Å². The lowest BCUT2D eigenvalue weighted by atomic mass is 9.99. The molecule has 5 heterocycles. The predicted octanol–water partition coefficient (Wildman–Crippen LogP) is 1.47. The summed E-state index contributed by atoms with van der Waals surface area (Å²) in [5.74, 6) is -0.545. The Balaban J connectivity index is 0.904. The number of hydrogen-bond acceptors (Lipinski definition) is 13. The number of anilines is 1. The Hall–Kier alpha value is -4.85. The number of hydrogen-bond donors (Lipinski definition) is 5. The molecule has 18 heteroatoms. The summed E-state index contributed by atoms with van der Waals surface area (Å²) in [6, 6.07) is 3.94. The predicted molar refractivity (Wildman–Crippen MR) is 213 cm³/mol. The molecule has 5 rings (SSSR count). The van der Waals surface area contributed by atoms with Crippen molar-refractivity contribution in [3.05, 3.63) is 70.3 Å². The molecule has 2 aliphatic heterocycles. The highest BCUT2D eigenvalue weighted by molar-refractivity contribution is 6.00. The molecule has 0 radical (unpaired) electrons. The van der Waals surface area contributed by atoms with Crippen molar-refractivity contribution in [3.63, 3.8) is 0 Å². The number of nitrogens with one attached hydrogen (secondary N) is 4. The van der Waals surface area contributed by atoms with Gasteiger partial charge in [-0.3, -0.25) is 19.0 Å². The van der Waals surface area contributed by atoms with Crippen LogP contribution in [0, 0.1) is 13.8 Å². The van der Waals surface area contributed by atoms with Crippen LogP contribution in [0.25, 0.3) is 11.1 Å². The summed E-state index contributed by atoms with van der Waals surface area (Å²) in [5.41, 5.74) is 4.05. The van der Waals surface area contributed by atoms with Crippen molar-refractivity contribution in [3.8, 4) is 11.1 Å². The molecule has 4 bridgehead atoms. The van der Waals surface area contributed by atoms with E-state index in [1.807, 2.05) is 31.6 Å². The SMILES string of the molecule is [2H]N(O)CC1OC(n2cc(C)c(NCCCOCCOCCOCCCNC(=O)c3cc[n+]4cc3-c3c[n+](ccc3C)C4)nc2=O)CC1OC(=O)CCC(=O)NCCCC. The second kappa shape index (κ2) is 23.7. The van der Waals surface area contributed by atoms with Crippen molar-refractivity contribution < 1.29 is 53.8 Å². The zero-order valence-corrected chi connectivity index (χ0v) is 34.4. The molecule has 0 saturated carbocycles. The minimum Gasteiger partial charge on any atom is -0.459 e. The van der Waals surface area contributed by atoms with E-state index in [1.54, 1.807) is 13.1 Å². The van der Waals surface area contributed by atoms with Gasteiger partial charge in [0.25, 0.3) is 5.91 Å². The average molecular weight is 826 g/mol. The molecule has 322 valence electrons. The summed E-state index contributed by atoms with van der Waals surface area (Å²) in [6.07, 6.45) is 10.2. The standard InChI is InChI=1S/C41H58N8O10/c1-4-5-12-42-36(50)8-9-38(51)59-34-23-37(58-35(34)24-45-54)49-25-30(3)39(46-41(49)53)43-13-6-17-55-19-21-57-22-20-56-18-7-14-44-40(52)31-11-16-48-27-33(31)32-26-47(28-48)15-10-29(32)2/h10-11,15-16,25-27,34-35,37,45,54H,4-9,12-14,17-24,28H2,1-3H3,(H-2,42,43,44,46,50,52,53)/p+2/i/hD. The van der Waals surface area contributed by atoms with E-state index in [1.165, 1.54) is 4.57 Å². The number of ether oxygens (including phenoxy) is 5. The number of amides is 2. The highest BCUT2D eigenvalue weighted by Crippen LogP contribution is 2.31. The fourth-order valence-electron chi connectivity index (χ4n) is 6.73. The number of esters is 1. The second-order valence-electron chi connectivity index (χ2n) is 14.6. The molecule has 3 atom stereocenters. The van der Waals surface area contributed by atoms with Gasteiger partial charge in [0.2, 0.25) is 5.91 Å². The molecule has 18 nitrogen and oxygen atoms in total. The number of carbonyl (C=O) groups excluding carboxylic acids is 3. The zero-order valence-electron chi connectivity index (χ0n) is 35.4. The molecule has 0 spiro atoms. The zero-order chi connectivity index (χ0) is 42.9. The number of aromatic nitrogens is 4. The van der Waals surface area contributed by atoms with Gasteiger partial charge in [-0.05, 0) is 38.7 Å². The molecule has 0 aromatic carbocycles. The maximum Gasteiger partial charge on any atom is 0.351 e. The number of rotatable bonds is 26. The fourth-order valence-corrected chi connectivity index (χ4v) is 6.73. The van der Waals surface area contributed by atoms with Crippen LogP contribution in [-0.4, -0.2) is 111 Å². The summed E-state index contributed by atoms with van der Waals surface area (Å²) in [7, 11) is 0. The smallest absolute Gasteiger partial charge is 0.351 e. The lowest BCUT2D eigenvalue weighted by Gasteiger charge is -2.18. The van der Waals surface area contributed by atoms with Crippen molar-refractivity contribution in [1.82, 2.24) is 25.7 Å². The van der Waals surface area contributed by atoms with Gasteiger partial charge in [-0.25, -0.2) is 10.3 Å². The molecule has 3 aromatic heterocycles. The molecule has 0 aliphatic carbocycles. The van der Waals surface area contributed by atoms with Gasteiger partial charge in [0.15, 0.2) is 26.2 Å². The Morgan fingerprint density at radius 2 is 1.59 bits per heavy atom. The molecule has 59 heavy (non-hydrogen) atoms. The molecule has 5 N–H and O–H groups in total. The van der Waals surface area contributed by atoms with Gasteiger partial charge >= 0.3 is 18.3 Å². The van der Waals surface area contributed by atoms with Crippen molar-refractivity contribution in [2.75, 3.05) is 71.1 Å². The van der Waals surface area contributed by atoms with Crippen LogP contribution in [0.1, 0.15) is 79.6 Å². The van der Waals surface area contributed by atoms with Crippen molar-refractivity contribution in [1.29, 1.82) is 0 Å². The van der Waals surface area contributed by atoms with Crippen molar-refractivity contribution >= 4 is 23.6 Å². The number of nitrogens with zero attached hydrogens (tertiary/aromatic N) is 4. The van der Waals surface area contributed by atoms with Crippen LogP contribution in [0.5, 0.6) is 0 Å². The second-order valence-corrected chi connectivity index (χ2v) is 14.6. The summed E-state index contributed by atoms with van der Waals surface area (Å²) in [5, 5.41) is 18.5. The number of pyridine rings is 2. The minimum absolute atomic E-state index is 0.0259. The van der Waals surface area contributed by atoms with E-state index >= 15 is 0 Å². The van der Waals surface area contributed by atoms with Gasteiger partial charge in [0.1, 0.15) is 24.3 Å². The first-order valence-corrected chi connectivity index (χ1v) is 20.5. The van der Waals surface area contributed by atoms with Gasteiger partial charge in [0, 0.05) is 69.6 Å². The normalized spacial score (nSPS) is 17.0.